The summed E-state index contributed by atoms with van der Waals surface area (Å²) < 4.78 is 0. The first-order valence-electron chi connectivity index (χ1n) is 5.73. The minimum atomic E-state index is -0.709. The van der Waals surface area contributed by atoms with Gasteiger partial charge >= 0.3 is 0 Å². The quantitative estimate of drug-likeness (QED) is 0.779. The predicted octanol–water partition coefficient (Wildman–Crippen LogP) is 0.971. The van der Waals surface area contributed by atoms with Crippen LogP contribution in [0.25, 0.3) is 10.9 Å². The number of nitrogens with one attached hydrogen (secondary N) is 1. The highest BCUT2D eigenvalue weighted by Crippen LogP contribution is 2.22. The van der Waals surface area contributed by atoms with E-state index in [4.69, 9.17) is 21.8 Å². The van der Waals surface area contributed by atoms with Crippen molar-refractivity contribution in [2.24, 2.45) is 0 Å². The van der Waals surface area contributed by atoms with Gasteiger partial charge in [-0.15, -0.1) is 0 Å². The van der Waals surface area contributed by atoms with E-state index >= 15 is 0 Å². The van der Waals surface area contributed by atoms with Crippen LogP contribution in [0, 0.1) is 0 Å². The summed E-state index contributed by atoms with van der Waals surface area (Å²) in [5, 5.41) is 21.5. The number of fused-ring (bicyclic) bond motifs is 1. The van der Waals surface area contributed by atoms with E-state index in [0.29, 0.717) is 10.5 Å². The second-order valence-electron chi connectivity index (χ2n) is 4.04. The molecule has 0 aliphatic rings. The maximum atomic E-state index is 11.9. The molecule has 0 saturated carbocycles. The molecule has 3 N–H and O–H groups in total. The summed E-state index contributed by atoms with van der Waals surface area (Å²) in [6, 6.07) is 7.97. The molecule has 100 valence electrons. The lowest BCUT2D eigenvalue weighted by Gasteiger charge is -2.13. The van der Waals surface area contributed by atoms with Crippen LogP contribution in [0.1, 0.15) is 10.5 Å². The normalized spacial score (nSPS) is 10.9. The molecule has 0 saturated heterocycles. The van der Waals surface area contributed by atoms with E-state index in [2.05, 4.69) is 10.3 Å². The second kappa shape index (κ2) is 5.97. The van der Waals surface area contributed by atoms with Crippen LogP contribution in [0.3, 0.4) is 0 Å². The predicted molar refractivity (Wildman–Crippen MR) is 72.2 cm³/mol. The topological polar surface area (TPSA) is 82.5 Å². The third-order valence-corrected chi connectivity index (χ3v) is 2.99. The fraction of sp³-hybridized carbons (Fsp3) is 0.231. The molecule has 0 aliphatic carbocycles. The fourth-order valence-corrected chi connectivity index (χ4v) is 1.92. The molecule has 0 radical (unpaired) electrons. The van der Waals surface area contributed by atoms with E-state index in [1.807, 2.05) is 12.1 Å². The molecule has 2 aromatic rings. The Balaban J connectivity index is 2.32. The summed E-state index contributed by atoms with van der Waals surface area (Å²) in [7, 11) is 0. The van der Waals surface area contributed by atoms with E-state index in [1.165, 1.54) is 6.07 Å². The number of pyridine rings is 1. The van der Waals surface area contributed by atoms with E-state index in [9.17, 15) is 4.79 Å². The summed E-state index contributed by atoms with van der Waals surface area (Å²) in [5.41, 5.74) is 0.764. The smallest absolute Gasteiger partial charge is 0.270 e. The molecular formula is C13H13ClN2O3. The molecule has 0 fully saturated rings. The number of halogens is 1. The van der Waals surface area contributed by atoms with Crippen LogP contribution in [-0.2, 0) is 0 Å². The van der Waals surface area contributed by atoms with Gasteiger partial charge in [0.05, 0.1) is 29.8 Å². The third kappa shape index (κ3) is 3.01. The molecule has 0 bridgehead atoms. The first-order chi connectivity index (χ1) is 9.15. The number of rotatable bonds is 4. The number of benzene rings is 1. The highest BCUT2D eigenvalue weighted by molar-refractivity contribution is 6.35. The van der Waals surface area contributed by atoms with E-state index in [1.54, 1.807) is 12.1 Å². The van der Waals surface area contributed by atoms with Gasteiger partial charge in [-0.2, -0.15) is 0 Å². The van der Waals surface area contributed by atoms with Gasteiger partial charge < -0.3 is 15.5 Å². The Bertz CT molecular complexity index is 599. The Kier molecular flexibility index (Phi) is 4.31. The van der Waals surface area contributed by atoms with Crippen molar-refractivity contribution in [3.05, 3.63) is 41.0 Å². The fourth-order valence-electron chi connectivity index (χ4n) is 1.66. The van der Waals surface area contributed by atoms with Gasteiger partial charge in [-0.1, -0.05) is 29.8 Å². The molecule has 5 nitrogen and oxygen atoms in total. The van der Waals surface area contributed by atoms with Crippen LogP contribution in [0.2, 0.25) is 5.02 Å². The van der Waals surface area contributed by atoms with Crippen molar-refractivity contribution < 1.29 is 15.0 Å². The Hall–Kier alpha value is -1.69. The summed E-state index contributed by atoms with van der Waals surface area (Å²) in [5.74, 6) is -0.485. The highest BCUT2D eigenvalue weighted by atomic mass is 35.5. The number of hydrogen-bond donors (Lipinski definition) is 3. The van der Waals surface area contributed by atoms with E-state index in [-0.39, 0.29) is 18.9 Å². The first-order valence-corrected chi connectivity index (χ1v) is 6.11. The molecule has 0 unspecified atom stereocenters. The van der Waals surface area contributed by atoms with E-state index in [0.717, 1.165) is 5.39 Å². The van der Waals surface area contributed by atoms with Crippen LogP contribution in [0.4, 0.5) is 0 Å². The largest absolute Gasteiger partial charge is 0.394 e. The van der Waals surface area contributed by atoms with Gasteiger partial charge in [0, 0.05) is 5.39 Å². The summed E-state index contributed by atoms with van der Waals surface area (Å²) in [4.78, 5) is 16.1. The Morgan fingerprint density at radius 3 is 2.68 bits per heavy atom. The van der Waals surface area contributed by atoms with Gasteiger partial charge in [0.15, 0.2) is 0 Å². The molecule has 19 heavy (non-hydrogen) atoms. The van der Waals surface area contributed by atoms with Crippen LogP contribution in [-0.4, -0.2) is 40.4 Å². The lowest BCUT2D eigenvalue weighted by molar-refractivity contribution is 0.0875. The average Bonchev–Trinajstić information content (AvgIpc) is 2.44. The van der Waals surface area contributed by atoms with Gasteiger partial charge in [0.2, 0.25) is 0 Å². The highest BCUT2D eigenvalue weighted by Gasteiger charge is 2.15. The molecule has 0 aliphatic heterocycles. The molecule has 1 aromatic heterocycles. The number of para-hydroxylation sites is 1. The number of carbonyl (C=O) groups is 1. The number of carbonyl (C=O) groups excluding carboxylic acids is 1. The summed E-state index contributed by atoms with van der Waals surface area (Å²) in [6.45, 7) is -0.687. The maximum absolute atomic E-state index is 11.9. The molecule has 0 atom stereocenters. The van der Waals surface area contributed by atoms with E-state index < -0.39 is 11.9 Å². The number of hydrogen-bond acceptors (Lipinski definition) is 4. The third-order valence-electron chi connectivity index (χ3n) is 2.67. The van der Waals surface area contributed by atoms with Crippen LogP contribution < -0.4 is 5.32 Å². The summed E-state index contributed by atoms with van der Waals surface area (Å²) >= 11 is 6.09. The molecule has 0 spiro atoms. The van der Waals surface area contributed by atoms with Crippen molar-refractivity contribution >= 4 is 28.4 Å². The van der Waals surface area contributed by atoms with Crippen molar-refractivity contribution in [2.45, 2.75) is 6.04 Å². The van der Waals surface area contributed by atoms with Gasteiger partial charge in [0.25, 0.3) is 5.91 Å². The zero-order chi connectivity index (χ0) is 13.8. The number of aromatic nitrogens is 1. The molecule has 2 rings (SSSR count). The van der Waals surface area contributed by atoms with Gasteiger partial charge in [-0.25, -0.2) is 4.98 Å². The van der Waals surface area contributed by atoms with Crippen LogP contribution >= 0.6 is 11.6 Å². The maximum Gasteiger partial charge on any atom is 0.270 e. The number of nitrogens with zero attached hydrogens (tertiary/aromatic N) is 1. The zero-order valence-electron chi connectivity index (χ0n) is 10.0. The van der Waals surface area contributed by atoms with Crippen molar-refractivity contribution in [3.63, 3.8) is 0 Å². The average molecular weight is 281 g/mol. The SMILES string of the molecule is O=C(NC(CO)CO)c1cc(Cl)c2ccccc2n1. The number of amides is 1. The lowest BCUT2D eigenvalue weighted by Crippen LogP contribution is -2.40. The van der Waals surface area contributed by atoms with Gasteiger partial charge in [-0.3, -0.25) is 4.79 Å². The van der Waals surface area contributed by atoms with Crippen LogP contribution in [0.5, 0.6) is 0 Å². The lowest BCUT2D eigenvalue weighted by atomic mass is 10.2. The standard InChI is InChI=1S/C13H13ClN2O3/c14-10-5-12(13(19)15-8(6-17)7-18)16-11-4-2-1-3-9(10)11/h1-5,8,17-18H,6-7H2,(H,15,19). The van der Waals surface area contributed by atoms with Crippen molar-refractivity contribution in [3.8, 4) is 0 Å². The van der Waals surface area contributed by atoms with Crippen molar-refractivity contribution in [1.29, 1.82) is 0 Å². The Morgan fingerprint density at radius 2 is 2.00 bits per heavy atom. The minimum Gasteiger partial charge on any atom is -0.394 e. The minimum absolute atomic E-state index is 0.149. The molecule has 1 amide bonds. The Labute approximate surface area is 114 Å². The zero-order valence-corrected chi connectivity index (χ0v) is 10.8. The summed E-state index contributed by atoms with van der Waals surface area (Å²) in [6.07, 6.45) is 0. The Morgan fingerprint density at radius 1 is 1.32 bits per heavy atom. The number of aliphatic hydroxyl groups excluding tert-OH is 2. The first kappa shape index (κ1) is 13.7. The molecule has 1 aromatic carbocycles. The van der Waals surface area contributed by atoms with Crippen LogP contribution in [0.15, 0.2) is 30.3 Å². The van der Waals surface area contributed by atoms with Crippen molar-refractivity contribution in [1.82, 2.24) is 10.3 Å². The molecule has 1 heterocycles. The van der Waals surface area contributed by atoms with Gasteiger partial charge in [-0.05, 0) is 12.1 Å². The number of aliphatic hydroxyl groups is 2. The molecule has 6 heteroatoms. The van der Waals surface area contributed by atoms with Crippen molar-refractivity contribution in [2.75, 3.05) is 13.2 Å². The van der Waals surface area contributed by atoms with Gasteiger partial charge in [0.1, 0.15) is 5.69 Å². The second-order valence-corrected chi connectivity index (χ2v) is 4.45. The molecular weight excluding hydrogens is 268 g/mol. The monoisotopic (exact) mass is 280 g/mol.